The standard InChI is InChI=1S/C14H19N3O/c1-12(7-8-15)14(18)17(10-9-16)11-13-5-3-2-4-6-13/h2-6,12H,7-8,10-11,15H2,1H3. The molecule has 4 heteroatoms. The number of hydrogen-bond donors (Lipinski definition) is 1. The SMILES string of the molecule is CC(CCN)C(=O)N(CC#N)Cc1ccccc1. The van der Waals surface area contributed by atoms with E-state index in [0.717, 1.165) is 5.56 Å². The van der Waals surface area contributed by atoms with E-state index < -0.39 is 0 Å². The van der Waals surface area contributed by atoms with Crippen molar-refractivity contribution in [2.24, 2.45) is 11.7 Å². The van der Waals surface area contributed by atoms with Gasteiger partial charge in [-0.25, -0.2) is 0 Å². The van der Waals surface area contributed by atoms with Gasteiger partial charge in [-0.2, -0.15) is 5.26 Å². The monoisotopic (exact) mass is 245 g/mol. The van der Waals surface area contributed by atoms with Crippen LogP contribution in [0.15, 0.2) is 30.3 Å². The summed E-state index contributed by atoms with van der Waals surface area (Å²) in [6, 6.07) is 11.7. The fourth-order valence-electron chi connectivity index (χ4n) is 1.79. The van der Waals surface area contributed by atoms with E-state index in [1.54, 1.807) is 4.90 Å². The number of rotatable bonds is 6. The predicted octanol–water partition coefficient (Wildman–Crippen LogP) is 1.52. The summed E-state index contributed by atoms with van der Waals surface area (Å²) in [6.45, 7) is 2.92. The van der Waals surface area contributed by atoms with Crippen molar-refractivity contribution in [3.63, 3.8) is 0 Å². The quantitative estimate of drug-likeness (QED) is 0.772. The van der Waals surface area contributed by atoms with Gasteiger partial charge < -0.3 is 10.6 Å². The highest BCUT2D eigenvalue weighted by Crippen LogP contribution is 2.10. The van der Waals surface area contributed by atoms with Crippen LogP contribution in [0.1, 0.15) is 18.9 Å². The Balaban J connectivity index is 2.71. The number of carbonyl (C=O) groups excluding carboxylic acids is 1. The van der Waals surface area contributed by atoms with E-state index in [4.69, 9.17) is 11.0 Å². The fraction of sp³-hybridized carbons (Fsp3) is 0.429. The minimum Gasteiger partial charge on any atom is -0.330 e. The molecule has 1 amide bonds. The third-order valence-electron chi connectivity index (χ3n) is 2.81. The van der Waals surface area contributed by atoms with Crippen molar-refractivity contribution in [1.29, 1.82) is 5.26 Å². The third-order valence-corrected chi connectivity index (χ3v) is 2.81. The third kappa shape index (κ3) is 4.19. The summed E-state index contributed by atoms with van der Waals surface area (Å²) in [5.74, 6) is -0.141. The number of nitriles is 1. The first kappa shape index (κ1) is 14.2. The molecule has 96 valence electrons. The number of benzene rings is 1. The second-order valence-corrected chi connectivity index (χ2v) is 4.32. The number of carbonyl (C=O) groups is 1. The molecule has 0 aromatic heterocycles. The molecule has 1 unspecified atom stereocenters. The molecule has 1 aromatic carbocycles. The summed E-state index contributed by atoms with van der Waals surface area (Å²) < 4.78 is 0. The van der Waals surface area contributed by atoms with Crippen LogP contribution in [-0.4, -0.2) is 23.9 Å². The molecule has 0 aliphatic rings. The van der Waals surface area contributed by atoms with Gasteiger partial charge in [-0.3, -0.25) is 4.79 Å². The lowest BCUT2D eigenvalue weighted by molar-refractivity contribution is -0.135. The zero-order valence-corrected chi connectivity index (χ0v) is 10.7. The maximum absolute atomic E-state index is 12.1. The van der Waals surface area contributed by atoms with Crippen molar-refractivity contribution in [2.45, 2.75) is 19.9 Å². The van der Waals surface area contributed by atoms with E-state index in [1.165, 1.54) is 0 Å². The van der Waals surface area contributed by atoms with Crippen LogP contribution >= 0.6 is 0 Å². The van der Waals surface area contributed by atoms with E-state index in [1.807, 2.05) is 43.3 Å². The van der Waals surface area contributed by atoms with E-state index in [2.05, 4.69) is 0 Å². The fourth-order valence-corrected chi connectivity index (χ4v) is 1.79. The van der Waals surface area contributed by atoms with Crippen LogP contribution in [0, 0.1) is 17.2 Å². The Bertz CT molecular complexity index is 411. The van der Waals surface area contributed by atoms with Gasteiger partial charge >= 0.3 is 0 Å². The zero-order chi connectivity index (χ0) is 13.4. The lowest BCUT2D eigenvalue weighted by atomic mass is 10.1. The summed E-state index contributed by atoms with van der Waals surface area (Å²) in [5, 5.41) is 8.81. The maximum atomic E-state index is 12.1. The topological polar surface area (TPSA) is 70.1 Å². The molecule has 0 saturated heterocycles. The summed E-state index contributed by atoms with van der Waals surface area (Å²) in [5.41, 5.74) is 6.49. The second kappa shape index (κ2) is 7.46. The van der Waals surface area contributed by atoms with Gasteiger partial charge in [0.05, 0.1) is 6.07 Å². The van der Waals surface area contributed by atoms with E-state index in [0.29, 0.717) is 19.5 Å². The highest BCUT2D eigenvalue weighted by atomic mass is 16.2. The Hall–Kier alpha value is -1.86. The van der Waals surface area contributed by atoms with Crippen LogP contribution in [-0.2, 0) is 11.3 Å². The number of hydrogen-bond acceptors (Lipinski definition) is 3. The minimum absolute atomic E-state index is 0.00847. The van der Waals surface area contributed by atoms with Crippen molar-refractivity contribution in [3.8, 4) is 6.07 Å². The Kier molecular flexibility index (Phi) is 5.89. The first-order chi connectivity index (χ1) is 8.69. The summed E-state index contributed by atoms with van der Waals surface area (Å²) >= 11 is 0. The second-order valence-electron chi connectivity index (χ2n) is 4.32. The average molecular weight is 245 g/mol. The first-order valence-corrected chi connectivity index (χ1v) is 6.08. The molecule has 4 nitrogen and oxygen atoms in total. The van der Waals surface area contributed by atoms with Crippen molar-refractivity contribution < 1.29 is 4.79 Å². The Morgan fingerprint density at radius 2 is 2.11 bits per heavy atom. The van der Waals surface area contributed by atoms with Crippen molar-refractivity contribution in [2.75, 3.05) is 13.1 Å². The van der Waals surface area contributed by atoms with Crippen molar-refractivity contribution in [3.05, 3.63) is 35.9 Å². The largest absolute Gasteiger partial charge is 0.330 e. The number of amides is 1. The van der Waals surface area contributed by atoms with Gasteiger partial charge in [0.1, 0.15) is 6.54 Å². The molecule has 0 aliphatic heterocycles. The normalized spacial score (nSPS) is 11.6. The molecule has 0 radical (unpaired) electrons. The molecule has 0 saturated carbocycles. The summed E-state index contributed by atoms with van der Waals surface area (Å²) in [7, 11) is 0. The number of nitrogens with zero attached hydrogens (tertiary/aromatic N) is 2. The molecule has 18 heavy (non-hydrogen) atoms. The highest BCUT2D eigenvalue weighted by molar-refractivity contribution is 5.78. The molecule has 1 aromatic rings. The van der Waals surface area contributed by atoms with E-state index in [-0.39, 0.29) is 18.4 Å². The van der Waals surface area contributed by atoms with Crippen molar-refractivity contribution in [1.82, 2.24) is 4.90 Å². The van der Waals surface area contributed by atoms with Crippen LogP contribution in [0.4, 0.5) is 0 Å². The average Bonchev–Trinajstić information content (AvgIpc) is 2.39. The summed E-state index contributed by atoms with van der Waals surface area (Å²) in [4.78, 5) is 13.7. The minimum atomic E-state index is -0.132. The molecule has 1 atom stereocenters. The molecule has 0 fully saturated rings. The van der Waals surface area contributed by atoms with Gasteiger partial charge in [0.25, 0.3) is 0 Å². The lowest BCUT2D eigenvalue weighted by Crippen LogP contribution is -2.35. The van der Waals surface area contributed by atoms with Gasteiger partial charge in [-0.15, -0.1) is 0 Å². The van der Waals surface area contributed by atoms with E-state index >= 15 is 0 Å². The van der Waals surface area contributed by atoms with Crippen LogP contribution in [0.25, 0.3) is 0 Å². The molecular formula is C14H19N3O. The smallest absolute Gasteiger partial charge is 0.226 e. The molecule has 0 heterocycles. The highest BCUT2D eigenvalue weighted by Gasteiger charge is 2.19. The lowest BCUT2D eigenvalue weighted by Gasteiger charge is -2.23. The van der Waals surface area contributed by atoms with Crippen LogP contribution in [0.5, 0.6) is 0 Å². The Labute approximate surface area is 108 Å². The van der Waals surface area contributed by atoms with Gasteiger partial charge in [-0.05, 0) is 18.5 Å². The van der Waals surface area contributed by atoms with Crippen molar-refractivity contribution >= 4 is 5.91 Å². The van der Waals surface area contributed by atoms with Gasteiger partial charge in [0.2, 0.25) is 5.91 Å². The van der Waals surface area contributed by atoms with Crippen LogP contribution in [0.2, 0.25) is 0 Å². The Morgan fingerprint density at radius 3 is 2.67 bits per heavy atom. The van der Waals surface area contributed by atoms with Gasteiger partial charge in [-0.1, -0.05) is 37.3 Å². The van der Waals surface area contributed by atoms with Gasteiger partial charge in [0.15, 0.2) is 0 Å². The van der Waals surface area contributed by atoms with E-state index in [9.17, 15) is 4.79 Å². The number of nitrogens with two attached hydrogens (primary N) is 1. The molecule has 1 rings (SSSR count). The molecule has 2 N–H and O–H groups in total. The first-order valence-electron chi connectivity index (χ1n) is 6.08. The van der Waals surface area contributed by atoms with Crippen LogP contribution in [0.3, 0.4) is 0 Å². The predicted molar refractivity (Wildman–Crippen MR) is 70.3 cm³/mol. The Morgan fingerprint density at radius 1 is 1.44 bits per heavy atom. The zero-order valence-electron chi connectivity index (χ0n) is 10.7. The van der Waals surface area contributed by atoms with Gasteiger partial charge in [0, 0.05) is 12.5 Å². The molecule has 0 spiro atoms. The summed E-state index contributed by atoms with van der Waals surface area (Å²) in [6.07, 6.45) is 0.648. The molecule has 0 aliphatic carbocycles. The van der Waals surface area contributed by atoms with Crippen LogP contribution < -0.4 is 5.73 Å². The molecular weight excluding hydrogens is 226 g/mol. The molecule has 0 bridgehead atoms. The maximum Gasteiger partial charge on any atom is 0.226 e.